The summed E-state index contributed by atoms with van der Waals surface area (Å²) in [4.78, 5) is 0. The van der Waals surface area contributed by atoms with Crippen LogP contribution in [0.25, 0.3) is 0 Å². The van der Waals surface area contributed by atoms with Crippen molar-refractivity contribution in [1.82, 2.24) is 15.5 Å². The SMILES string of the molecule is CC(C)NCc1nnc(C2CCC(C)O2)s1. The predicted octanol–water partition coefficient (Wildman–Crippen LogP) is 2.28. The van der Waals surface area contributed by atoms with Crippen molar-refractivity contribution in [2.45, 2.75) is 58.4 Å². The average Bonchev–Trinajstić information content (AvgIpc) is 2.83. The van der Waals surface area contributed by atoms with Gasteiger partial charge in [0.15, 0.2) is 0 Å². The molecule has 1 fully saturated rings. The highest BCUT2D eigenvalue weighted by molar-refractivity contribution is 7.11. The van der Waals surface area contributed by atoms with E-state index in [-0.39, 0.29) is 6.10 Å². The van der Waals surface area contributed by atoms with E-state index in [1.165, 1.54) is 0 Å². The van der Waals surface area contributed by atoms with Gasteiger partial charge in [0, 0.05) is 12.6 Å². The van der Waals surface area contributed by atoms with Gasteiger partial charge in [0.1, 0.15) is 16.1 Å². The molecule has 90 valence electrons. The van der Waals surface area contributed by atoms with Crippen LogP contribution >= 0.6 is 11.3 Å². The summed E-state index contributed by atoms with van der Waals surface area (Å²) in [5, 5.41) is 13.8. The predicted molar refractivity (Wildman–Crippen MR) is 64.4 cm³/mol. The molecule has 0 bridgehead atoms. The lowest BCUT2D eigenvalue weighted by Gasteiger charge is -2.06. The first-order valence-corrected chi connectivity index (χ1v) is 6.68. The van der Waals surface area contributed by atoms with E-state index in [0.29, 0.717) is 12.1 Å². The normalized spacial score (nSPS) is 25.5. The Morgan fingerprint density at radius 3 is 2.88 bits per heavy atom. The molecule has 4 nitrogen and oxygen atoms in total. The van der Waals surface area contributed by atoms with Crippen molar-refractivity contribution in [3.63, 3.8) is 0 Å². The largest absolute Gasteiger partial charge is 0.368 e. The summed E-state index contributed by atoms with van der Waals surface area (Å²) in [6.45, 7) is 7.17. The van der Waals surface area contributed by atoms with Crippen molar-refractivity contribution in [2.75, 3.05) is 0 Å². The molecule has 0 spiro atoms. The molecule has 1 aromatic rings. The smallest absolute Gasteiger partial charge is 0.146 e. The molecule has 5 heteroatoms. The third-order valence-electron chi connectivity index (χ3n) is 2.65. The van der Waals surface area contributed by atoms with Gasteiger partial charge in [-0.05, 0) is 19.8 Å². The Bertz CT molecular complexity index is 340. The third-order valence-corrected chi connectivity index (χ3v) is 3.67. The molecule has 1 aliphatic rings. The Labute approximate surface area is 100 Å². The van der Waals surface area contributed by atoms with E-state index >= 15 is 0 Å². The van der Waals surface area contributed by atoms with Crippen molar-refractivity contribution in [3.05, 3.63) is 10.0 Å². The molecule has 0 radical (unpaired) electrons. The summed E-state index contributed by atoms with van der Waals surface area (Å²) in [7, 11) is 0. The highest BCUT2D eigenvalue weighted by atomic mass is 32.1. The summed E-state index contributed by atoms with van der Waals surface area (Å²) in [6.07, 6.45) is 2.75. The maximum Gasteiger partial charge on any atom is 0.146 e. The molecular formula is C11H19N3OS. The lowest BCUT2D eigenvalue weighted by molar-refractivity contribution is 0.0550. The lowest BCUT2D eigenvalue weighted by Crippen LogP contribution is -2.21. The van der Waals surface area contributed by atoms with Gasteiger partial charge >= 0.3 is 0 Å². The molecule has 2 unspecified atom stereocenters. The lowest BCUT2D eigenvalue weighted by atomic mass is 10.2. The monoisotopic (exact) mass is 241 g/mol. The summed E-state index contributed by atoms with van der Waals surface area (Å²) in [5.41, 5.74) is 0. The second kappa shape index (κ2) is 5.21. The van der Waals surface area contributed by atoms with Crippen LogP contribution in [0.1, 0.15) is 49.7 Å². The molecule has 1 saturated heterocycles. The Morgan fingerprint density at radius 2 is 2.25 bits per heavy atom. The summed E-state index contributed by atoms with van der Waals surface area (Å²) in [6, 6.07) is 0.482. The van der Waals surface area contributed by atoms with Crippen LogP contribution in [0, 0.1) is 0 Å². The number of nitrogens with zero attached hydrogens (tertiary/aromatic N) is 2. The van der Waals surface area contributed by atoms with Crippen LogP contribution in [-0.2, 0) is 11.3 Å². The molecule has 2 rings (SSSR count). The summed E-state index contributed by atoms with van der Waals surface area (Å²) in [5.74, 6) is 0. The molecule has 0 aromatic carbocycles. The minimum Gasteiger partial charge on any atom is -0.368 e. The molecule has 2 heterocycles. The van der Waals surface area contributed by atoms with E-state index in [1.54, 1.807) is 11.3 Å². The van der Waals surface area contributed by atoms with Crippen molar-refractivity contribution < 1.29 is 4.74 Å². The molecular weight excluding hydrogens is 222 g/mol. The number of hydrogen-bond donors (Lipinski definition) is 1. The Balaban J connectivity index is 1.91. The first-order valence-electron chi connectivity index (χ1n) is 5.86. The molecule has 0 aliphatic carbocycles. The molecule has 0 amide bonds. The number of hydrogen-bond acceptors (Lipinski definition) is 5. The Hall–Kier alpha value is -0.520. The molecule has 0 saturated carbocycles. The highest BCUT2D eigenvalue weighted by Gasteiger charge is 2.26. The molecule has 16 heavy (non-hydrogen) atoms. The fourth-order valence-corrected chi connectivity index (χ4v) is 2.61. The van der Waals surface area contributed by atoms with Crippen LogP contribution in [0.15, 0.2) is 0 Å². The van der Waals surface area contributed by atoms with Crippen molar-refractivity contribution in [1.29, 1.82) is 0 Å². The fourth-order valence-electron chi connectivity index (χ4n) is 1.74. The van der Waals surface area contributed by atoms with Crippen LogP contribution in [0.4, 0.5) is 0 Å². The molecule has 1 N–H and O–H groups in total. The zero-order chi connectivity index (χ0) is 11.5. The third kappa shape index (κ3) is 2.99. The van der Waals surface area contributed by atoms with E-state index in [2.05, 4.69) is 36.3 Å². The van der Waals surface area contributed by atoms with E-state index in [9.17, 15) is 0 Å². The number of rotatable bonds is 4. The first-order chi connectivity index (χ1) is 7.65. The topological polar surface area (TPSA) is 47.0 Å². The first kappa shape index (κ1) is 12.0. The quantitative estimate of drug-likeness (QED) is 0.878. The van der Waals surface area contributed by atoms with Crippen LogP contribution in [-0.4, -0.2) is 22.3 Å². The van der Waals surface area contributed by atoms with Gasteiger partial charge in [0.2, 0.25) is 0 Å². The highest BCUT2D eigenvalue weighted by Crippen LogP contribution is 2.33. The number of ether oxygens (including phenoxy) is 1. The van der Waals surface area contributed by atoms with E-state index < -0.39 is 0 Å². The minimum absolute atomic E-state index is 0.181. The van der Waals surface area contributed by atoms with Crippen LogP contribution in [0.5, 0.6) is 0 Å². The van der Waals surface area contributed by atoms with Gasteiger partial charge in [-0.3, -0.25) is 0 Å². The summed E-state index contributed by atoms with van der Waals surface area (Å²) < 4.78 is 5.77. The van der Waals surface area contributed by atoms with Crippen LogP contribution in [0.2, 0.25) is 0 Å². The van der Waals surface area contributed by atoms with E-state index in [4.69, 9.17) is 4.74 Å². The van der Waals surface area contributed by atoms with Gasteiger partial charge in [-0.1, -0.05) is 25.2 Å². The molecule has 2 atom stereocenters. The van der Waals surface area contributed by atoms with Gasteiger partial charge in [-0.25, -0.2) is 0 Å². The zero-order valence-corrected chi connectivity index (χ0v) is 10.9. The van der Waals surface area contributed by atoms with E-state index in [0.717, 1.165) is 29.4 Å². The van der Waals surface area contributed by atoms with Crippen molar-refractivity contribution in [3.8, 4) is 0 Å². The minimum atomic E-state index is 0.181. The number of nitrogens with one attached hydrogen (secondary N) is 1. The fraction of sp³-hybridized carbons (Fsp3) is 0.818. The van der Waals surface area contributed by atoms with Gasteiger partial charge < -0.3 is 10.1 Å². The number of aromatic nitrogens is 2. The van der Waals surface area contributed by atoms with Crippen LogP contribution < -0.4 is 5.32 Å². The zero-order valence-electron chi connectivity index (χ0n) is 10.1. The molecule has 1 aromatic heterocycles. The van der Waals surface area contributed by atoms with Crippen molar-refractivity contribution >= 4 is 11.3 Å². The summed E-state index contributed by atoms with van der Waals surface area (Å²) >= 11 is 1.66. The van der Waals surface area contributed by atoms with E-state index in [1.807, 2.05) is 0 Å². The molecule has 1 aliphatic heterocycles. The Morgan fingerprint density at radius 1 is 1.44 bits per heavy atom. The Kier molecular flexibility index (Phi) is 3.89. The van der Waals surface area contributed by atoms with Gasteiger partial charge in [0.25, 0.3) is 0 Å². The second-order valence-electron chi connectivity index (χ2n) is 4.58. The van der Waals surface area contributed by atoms with Gasteiger partial charge in [0.05, 0.1) is 6.10 Å². The second-order valence-corrected chi connectivity index (χ2v) is 5.68. The van der Waals surface area contributed by atoms with Crippen LogP contribution in [0.3, 0.4) is 0 Å². The van der Waals surface area contributed by atoms with Crippen molar-refractivity contribution in [2.24, 2.45) is 0 Å². The standard InChI is InChI=1S/C11H19N3OS/c1-7(2)12-6-10-13-14-11(16-10)9-5-4-8(3)15-9/h7-9,12H,4-6H2,1-3H3. The maximum absolute atomic E-state index is 5.77. The van der Waals surface area contributed by atoms with Gasteiger partial charge in [-0.15, -0.1) is 10.2 Å². The average molecular weight is 241 g/mol. The van der Waals surface area contributed by atoms with Gasteiger partial charge in [-0.2, -0.15) is 0 Å². The maximum atomic E-state index is 5.77.